The van der Waals surface area contributed by atoms with Crippen LogP contribution in [0.3, 0.4) is 0 Å². The topological polar surface area (TPSA) is 50.1 Å². The molecule has 0 amide bonds. The Morgan fingerprint density at radius 2 is 2.10 bits per heavy atom. The van der Waals surface area contributed by atoms with E-state index in [4.69, 9.17) is 10.00 Å². The molecule has 0 spiro atoms. The fraction of sp³-hybridized carbons (Fsp3) is 0.714. The van der Waals surface area contributed by atoms with Crippen molar-refractivity contribution in [2.45, 2.75) is 20.0 Å². The van der Waals surface area contributed by atoms with Crippen molar-refractivity contribution in [3.63, 3.8) is 0 Å². The lowest BCUT2D eigenvalue weighted by molar-refractivity contribution is -0.129. The second-order valence-electron chi connectivity index (χ2n) is 2.13. The first kappa shape index (κ1) is 9.12. The van der Waals surface area contributed by atoms with Gasteiger partial charge < -0.3 is 4.74 Å². The number of nitrogens with zero attached hydrogens (tertiary/aromatic N) is 1. The molecule has 3 nitrogen and oxygen atoms in total. The van der Waals surface area contributed by atoms with E-state index < -0.39 is 12.0 Å². The predicted molar refractivity (Wildman–Crippen MR) is 36.3 cm³/mol. The standard InChI is InChI=1S/C7H11NO2/c1-5(4-8)7(9)6(2)10-3/h5-6H,1-3H3. The smallest absolute Gasteiger partial charge is 0.178 e. The average molecular weight is 141 g/mol. The predicted octanol–water partition coefficient (Wildman–Crippen LogP) is 0.750. The van der Waals surface area contributed by atoms with Crippen molar-refractivity contribution < 1.29 is 9.53 Å². The molecule has 0 rings (SSSR count). The van der Waals surface area contributed by atoms with E-state index in [0.717, 1.165) is 0 Å². The molecule has 0 aromatic carbocycles. The maximum atomic E-state index is 11.0. The summed E-state index contributed by atoms with van der Waals surface area (Å²) in [4.78, 5) is 11.0. The van der Waals surface area contributed by atoms with E-state index in [1.54, 1.807) is 13.8 Å². The van der Waals surface area contributed by atoms with E-state index in [1.807, 2.05) is 6.07 Å². The summed E-state index contributed by atoms with van der Waals surface area (Å²) in [5.41, 5.74) is 0. The highest BCUT2D eigenvalue weighted by Gasteiger charge is 2.18. The summed E-state index contributed by atoms with van der Waals surface area (Å²) < 4.78 is 4.73. The summed E-state index contributed by atoms with van der Waals surface area (Å²) in [5, 5.41) is 8.32. The highest BCUT2D eigenvalue weighted by molar-refractivity contribution is 5.86. The van der Waals surface area contributed by atoms with E-state index in [0.29, 0.717) is 0 Å². The Labute approximate surface area is 60.6 Å². The molecule has 0 N–H and O–H groups in total. The average Bonchev–Trinajstić information content (AvgIpc) is 2.00. The molecule has 0 saturated carbocycles. The summed E-state index contributed by atoms with van der Waals surface area (Å²) in [5.74, 6) is -0.722. The van der Waals surface area contributed by atoms with Crippen LogP contribution in [0.1, 0.15) is 13.8 Å². The summed E-state index contributed by atoms with van der Waals surface area (Å²) in [6, 6.07) is 1.85. The zero-order valence-electron chi connectivity index (χ0n) is 6.42. The largest absolute Gasteiger partial charge is 0.374 e. The Hall–Kier alpha value is -0.880. The van der Waals surface area contributed by atoms with Crippen molar-refractivity contribution in [2.24, 2.45) is 5.92 Å². The second-order valence-corrected chi connectivity index (χ2v) is 2.13. The van der Waals surface area contributed by atoms with Crippen LogP contribution < -0.4 is 0 Å². The lowest BCUT2D eigenvalue weighted by Crippen LogP contribution is -2.24. The Kier molecular flexibility index (Phi) is 3.67. The van der Waals surface area contributed by atoms with Gasteiger partial charge in [0.25, 0.3) is 0 Å². The van der Waals surface area contributed by atoms with Gasteiger partial charge in [-0.1, -0.05) is 0 Å². The first-order valence-electron chi connectivity index (χ1n) is 3.09. The van der Waals surface area contributed by atoms with Crippen LogP contribution in [0.25, 0.3) is 0 Å². The number of ketones is 1. The van der Waals surface area contributed by atoms with Gasteiger partial charge in [0, 0.05) is 7.11 Å². The Balaban J connectivity index is 3.98. The lowest BCUT2D eigenvalue weighted by atomic mass is 10.1. The third-order valence-electron chi connectivity index (χ3n) is 1.37. The van der Waals surface area contributed by atoms with E-state index in [-0.39, 0.29) is 5.78 Å². The number of Topliss-reactive ketones (excluding diaryl/α,β-unsaturated/α-hetero) is 1. The zero-order valence-corrected chi connectivity index (χ0v) is 6.42. The van der Waals surface area contributed by atoms with Gasteiger partial charge in [-0.25, -0.2) is 0 Å². The van der Waals surface area contributed by atoms with E-state index in [1.165, 1.54) is 7.11 Å². The van der Waals surface area contributed by atoms with Crippen LogP contribution in [0.5, 0.6) is 0 Å². The number of methoxy groups -OCH3 is 1. The van der Waals surface area contributed by atoms with Crippen LogP contribution >= 0.6 is 0 Å². The molecule has 0 aromatic rings. The van der Waals surface area contributed by atoms with E-state index in [9.17, 15) is 4.79 Å². The van der Waals surface area contributed by atoms with Crippen molar-refractivity contribution >= 4 is 5.78 Å². The van der Waals surface area contributed by atoms with Crippen molar-refractivity contribution in [1.82, 2.24) is 0 Å². The first-order chi connectivity index (χ1) is 4.63. The molecule has 56 valence electrons. The van der Waals surface area contributed by atoms with Gasteiger partial charge in [0.1, 0.15) is 12.0 Å². The Morgan fingerprint density at radius 3 is 2.40 bits per heavy atom. The highest BCUT2D eigenvalue weighted by atomic mass is 16.5. The number of hydrogen-bond donors (Lipinski definition) is 0. The van der Waals surface area contributed by atoms with Crippen LogP contribution in [0, 0.1) is 17.2 Å². The molecule has 0 aliphatic heterocycles. The van der Waals surface area contributed by atoms with Crippen LogP contribution in [-0.4, -0.2) is 19.0 Å². The fourth-order valence-corrected chi connectivity index (χ4v) is 0.532. The molecule has 0 bridgehead atoms. The number of ether oxygens (including phenoxy) is 1. The fourth-order valence-electron chi connectivity index (χ4n) is 0.532. The minimum atomic E-state index is -0.560. The summed E-state index contributed by atoms with van der Waals surface area (Å²) >= 11 is 0. The second kappa shape index (κ2) is 4.02. The van der Waals surface area contributed by atoms with Crippen molar-refractivity contribution in [2.75, 3.05) is 7.11 Å². The van der Waals surface area contributed by atoms with Gasteiger partial charge in [-0.15, -0.1) is 0 Å². The minimum absolute atomic E-state index is 0.162. The summed E-state index contributed by atoms with van der Waals surface area (Å²) in [6.07, 6.45) is -0.463. The monoisotopic (exact) mass is 141 g/mol. The lowest BCUT2D eigenvalue weighted by Gasteiger charge is -2.08. The third kappa shape index (κ3) is 2.16. The molecule has 2 atom stereocenters. The van der Waals surface area contributed by atoms with Gasteiger partial charge in [0.05, 0.1) is 6.07 Å². The highest BCUT2D eigenvalue weighted by Crippen LogP contribution is 2.01. The zero-order chi connectivity index (χ0) is 8.15. The summed E-state index contributed by atoms with van der Waals surface area (Å²) in [6.45, 7) is 3.20. The van der Waals surface area contributed by atoms with Crippen molar-refractivity contribution in [1.29, 1.82) is 5.26 Å². The molecule has 0 radical (unpaired) electrons. The molecular formula is C7H11NO2. The van der Waals surface area contributed by atoms with E-state index >= 15 is 0 Å². The third-order valence-corrected chi connectivity index (χ3v) is 1.37. The van der Waals surface area contributed by atoms with Crippen LogP contribution in [0.15, 0.2) is 0 Å². The van der Waals surface area contributed by atoms with Crippen molar-refractivity contribution in [3.05, 3.63) is 0 Å². The van der Waals surface area contributed by atoms with Crippen LogP contribution in [-0.2, 0) is 9.53 Å². The number of carbonyl (C=O) groups excluding carboxylic acids is 1. The molecule has 0 saturated heterocycles. The molecule has 3 heteroatoms. The summed E-state index contributed by atoms with van der Waals surface area (Å²) in [7, 11) is 1.45. The molecule has 0 aromatic heterocycles. The van der Waals surface area contributed by atoms with Gasteiger partial charge in [-0.2, -0.15) is 5.26 Å². The van der Waals surface area contributed by atoms with Gasteiger partial charge in [-0.3, -0.25) is 4.79 Å². The van der Waals surface area contributed by atoms with Crippen molar-refractivity contribution in [3.8, 4) is 6.07 Å². The van der Waals surface area contributed by atoms with Crippen LogP contribution in [0.2, 0.25) is 0 Å². The number of nitriles is 1. The molecule has 0 aliphatic rings. The molecular weight excluding hydrogens is 130 g/mol. The van der Waals surface area contributed by atoms with Gasteiger partial charge >= 0.3 is 0 Å². The van der Waals surface area contributed by atoms with Gasteiger partial charge in [-0.05, 0) is 13.8 Å². The molecule has 2 unspecified atom stereocenters. The van der Waals surface area contributed by atoms with Crippen LogP contribution in [0.4, 0.5) is 0 Å². The maximum absolute atomic E-state index is 11.0. The SMILES string of the molecule is COC(C)C(=O)C(C)C#N. The quantitative estimate of drug-likeness (QED) is 0.582. The Bertz CT molecular complexity index is 159. The molecule has 0 fully saturated rings. The van der Waals surface area contributed by atoms with Gasteiger partial charge in [0.15, 0.2) is 5.78 Å². The molecule has 10 heavy (non-hydrogen) atoms. The molecule has 0 heterocycles. The normalized spacial score (nSPS) is 15.4. The maximum Gasteiger partial charge on any atom is 0.178 e. The number of carbonyl (C=O) groups is 1. The number of hydrogen-bond acceptors (Lipinski definition) is 3. The minimum Gasteiger partial charge on any atom is -0.374 e. The van der Waals surface area contributed by atoms with E-state index in [2.05, 4.69) is 0 Å². The first-order valence-corrected chi connectivity index (χ1v) is 3.09. The number of rotatable bonds is 3. The Morgan fingerprint density at radius 1 is 1.60 bits per heavy atom. The van der Waals surface area contributed by atoms with Gasteiger partial charge in [0.2, 0.25) is 0 Å². The molecule has 0 aliphatic carbocycles.